The summed E-state index contributed by atoms with van der Waals surface area (Å²) in [5.41, 5.74) is 3.72. The lowest BCUT2D eigenvalue weighted by molar-refractivity contribution is -0.129. The summed E-state index contributed by atoms with van der Waals surface area (Å²) in [6.07, 6.45) is 0.130. The van der Waals surface area contributed by atoms with Crippen molar-refractivity contribution in [3.05, 3.63) is 65.2 Å². The number of nitrogens with zero attached hydrogens (tertiary/aromatic N) is 1. The zero-order valence-corrected chi connectivity index (χ0v) is 14.5. The Bertz CT molecular complexity index is 746. The van der Waals surface area contributed by atoms with Gasteiger partial charge in [-0.15, -0.1) is 0 Å². The lowest BCUT2D eigenvalue weighted by Crippen LogP contribution is -2.29. The van der Waals surface area contributed by atoms with Crippen LogP contribution in [-0.4, -0.2) is 40.7 Å². The summed E-state index contributed by atoms with van der Waals surface area (Å²) >= 11 is 0. The molecule has 0 aliphatic rings. The molecule has 0 saturated carbocycles. The summed E-state index contributed by atoms with van der Waals surface area (Å²) < 4.78 is 5.15. The van der Waals surface area contributed by atoms with E-state index in [1.54, 1.807) is 30.8 Å². The van der Waals surface area contributed by atoms with Crippen molar-refractivity contribution in [3.8, 4) is 5.75 Å². The molecule has 0 heterocycles. The minimum atomic E-state index is -0.979. The van der Waals surface area contributed by atoms with E-state index in [0.717, 1.165) is 16.9 Å². The Morgan fingerprint density at radius 1 is 1.08 bits per heavy atom. The zero-order chi connectivity index (χ0) is 18.9. The van der Waals surface area contributed by atoms with Gasteiger partial charge in [0.2, 0.25) is 5.91 Å². The van der Waals surface area contributed by atoms with Crippen molar-refractivity contribution < 1.29 is 24.6 Å². The number of methoxy groups -OCH3 is 1. The molecule has 0 atom stereocenters. The van der Waals surface area contributed by atoms with Crippen LogP contribution in [0.5, 0.6) is 5.75 Å². The van der Waals surface area contributed by atoms with Crippen LogP contribution >= 0.6 is 0 Å². The van der Waals surface area contributed by atoms with Crippen LogP contribution in [0.4, 0.5) is 0 Å². The predicted octanol–water partition coefficient (Wildman–Crippen LogP) is 2.29. The van der Waals surface area contributed by atoms with Crippen molar-refractivity contribution in [1.82, 2.24) is 10.4 Å². The first kappa shape index (κ1) is 19.4. The first-order valence-corrected chi connectivity index (χ1v) is 8.12. The second-order valence-electron chi connectivity index (χ2n) is 5.85. The van der Waals surface area contributed by atoms with E-state index in [1.807, 2.05) is 35.2 Å². The molecule has 1 amide bonds. The van der Waals surface area contributed by atoms with E-state index in [4.69, 9.17) is 15.1 Å². The molecule has 138 valence electrons. The number of aromatic carboxylic acids is 1. The van der Waals surface area contributed by atoms with Gasteiger partial charge in [-0.2, -0.15) is 0 Å². The highest BCUT2D eigenvalue weighted by Gasteiger charge is 2.11. The number of carbonyl (C=O) groups is 2. The first-order valence-electron chi connectivity index (χ1n) is 8.12. The number of benzene rings is 2. The van der Waals surface area contributed by atoms with Crippen LogP contribution in [0.1, 0.15) is 27.9 Å². The van der Waals surface area contributed by atoms with Gasteiger partial charge in [0, 0.05) is 26.1 Å². The molecule has 7 heteroatoms. The highest BCUT2D eigenvalue weighted by molar-refractivity contribution is 5.87. The van der Waals surface area contributed by atoms with Crippen molar-refractivity contribution in [3.63, 3.8) is 0 Å². The molecule has 0 unspecified atom stereocenters. The molecule has 2 aromatic rings. The molecule has 0 radical (unpaired) electrons. The molecule has 2 aromatic carbocycles. The number of hydroxylamine groups is 1. The molecule has 0 aliphatic heterocycles. The molecule has 0 aromatic heterocycles. The molecule has 0 saturated heterocycles. The van der Waals surface area contributed by atoms with Crippen LogP contribution in [0.15, 0.2) is 48.5 Å². The van der Waals surface area contributed by atoms with Gasteiger partial charge in [-0.3, -0.25) is 14.9 Å². The Kier molecular flexibility index (Phi) is 7.13. The third-order valence-corrected chi connectivity index (χ3v) is 3.93. The fraction of sp³-hybridized carbons (Fsp3) is 0.263. The highest BCUT2D eigenvalue weighted by Crippen LogP contribution is 2.16. The van der Waals surface area contributed by atoms with Crippen LogP contribution in [0, 0.1) is 0 Å². The van der Waals surface area contributed by atoms with Gasteiger partial charge in [0.25, 0.3) is 0 Å². The molecule has 2 rings (SSSR count). The SMILES string of the molecule is COc1ccc(CN(CCC(=O)NO)Cc2cccc(C(=O)O)c2)cc1. The summed E-state index contributed by atoms with van der Waals surface area (Å²) in [6, 6.07) is 14.3. The number of ether oxygens (including phenoxy) is 1. The third kappa shape index (κ3) is 5.87. The Morgan fingerprint density at radius 2 is 1.77 bits per heavy atom. The maximum absolute atomic E-state index is 11.4. The number of carboxylic acids is 1. The minimum absolute atomic E-state index is 0.130. The topological polar surface area (TPSA) is 99.1 Å². The predicted molar refractivity (Wildman–Crippen MR) is 95.1 cm³/mol. The van der Waals surface area contributed by atoms with Crippen molar-refractivity contribution in [1.29, 1.82) is 0 Å². The van der Waals surface area contributed by atoms with Gasteiger partial charge in [-0.25, -0.2) is 10.3 Å². The van der Waals surface area contributed by atoms with E-state index in [9.17, 15) is 9.59 Å². The quantitative estimate of drug-likeness (QED) is 0.470. The summed E-state index contributed by atoms with van der Waals surface area (Å²) in [6.45, 7) is 1.46. The smallest absolute Gasteiger partial charge is 0.335 e. The monoisotopic (exact) mass is 358 g/mol. The molecule has 0 spiro atoms. The Labute approximate surface area is 151 Å². The van der Waals surface area contributed by atoms with Gasteiger partial charge >= 0.3 is 5.97 Å². The van der Waals surface area contributed by atoms with Crippen LogP contribution in [-0.2, 0) is 17.9 Å². The van der Waals surface area contributed by atoms with Crippen molar-refractivity contribution >= 4 is 11.9 Å². The van der Waals surface area contributed by atoms with E-state index < -0.39 is 11.9 Å². The summed E-state index contributed by atoms with van der Waals surface area (Å²) in [7, 11) is 1.60. The number of carbonyl (C=O) groups excluding carboxylic acids is 1. The largest absolute Gasteiger partial charge is 0.497 e. The normalized spacial score (nSPS) is 10.6. The Morgan fingerprint density at radius 3 is 2.38 bits per heavy atom. The Balaban J connectivity index is 2.12. The number of amides is 1. The van der Waals surface area contributed by atoms with Crippen molar-refractivity contribution in [2.24, 2.45) is 0 Å². The van der Waals surface area contributed by atoms with Crippen LogP contribution < -0.4 is 10.2 Å². The number of carboxylic acid groups (broad SMARTS) is 1. The van der Waals surface area contributed by atoms with Gasteiger partial charge in [0.15, 0.2) is 0 Å². The van der Waals surface area contributed by atoms with Gasteiger partial charge < -0.3 is 9.84 Å². The van der Waals surface area contributed by atoms with E-state index in [2.05, 4.69) is 0 Å². The van der Waals surface area contributed by atoms with Gasteiger partial charge in [0.1, 0.15) is 5.75 Å². The maximum atomic E-state index is 11.4. The number of hydrogen-bond acceptors (Lipinski definition) is 5. The van der Waals surface area contributed by atoms with Crippen LogP contribution in [0.3, 0.4) is 0 Å². The van der Waals surface area contributed by atoms with Crippen LogP contribution in [0.25, 0.3) is 0 Å². The highest BCUT2D eigenvalue weighted by atomic mass is 16.5. The maximum Gasteiger partial charge on any atom is 0.335 e. The molecule has 7 nitrogen and oxygen atoms in total. The molecular formula is C19H22N2O5. The number of nitrogens with one attached hydrogen (secondary N) is 1. The fourth-order valence-electron chi connectivity index (χ4n) is 2.58. The number of rotatable bonds is 9. The first-order chi connectivity index (χ1) is 12.5. The summed E-state index contributed by atoms with van der Waals surface area (Å²) in [5, 5.41) is 17.8. The fourth-order valence-corrected chi connectivity index (χ4v) is 2.58. The van der Waals surface area contributed by atoms with Crippen molar-refractivity contribution in [2.75, 3.05) is 13.7 Å². The molecule has 0 fully saturated rings. The molecule has 26 heavy (non-hydrogen) atoms. The van der Waals surface area contributed by atoms with Gasteiger partial charge in [-0.1, -0.05) is 24.3 Å². The molecular weight excluding hydrogens is 336 g/mol. The zero-order valence-electron chi connectivity index (χ0n) is 14.5. The van der Waals surface area contributed by atoms with Crippen molar-refractivity contribution in [2.45, 2.75) is 19.5 Å². The van der Waals surface area contributed by atoms with Gasteiger partial charge in [-0.05, 0) is 35.4 Å². The Hall–Kier alpha value is -2.90. The van der Waals surface area contributed by atoms with E-state index in [1.165, 1.54) is 0 Å². The lowest BCUT2D eigenvalue weighted by atomic mass is 10.1. The average Bonchev–Trinajstić information content (AvgIpc) is 2.66. The third-order valence-electron chi connectivity index (χ3n) is 3.93. The van der Waals surface area contributed by atoms with Crippen LogP contribution in [0.2, 0.25) is 0 Å². The lowest BCUT2D eigenvalue weighted by Gasteiger charge is -2.22. The van der Waals surface area contributed by atoms with E-state index in [0.29, 0.717) is 19.6 Å². The summed E-state index contributed by atoms with van der Waals surface area (Å²) in [4.78, 5) is 24.5. The van der Waals surface area contributed by atoms with Gasteiger partial charge in [0.05, 0.1) is 12.7 Å². The average molecular weight is 358 g/mol. The molecule has 0 bridgehead atoms. The number of hydrogen-bond donors (Lipinski definition) is 3. The minimum Gasteiger partial charge on any atom is -0.497 e. The molecule has 0 aliphatic carbocycles. The summed E-state index contributed by atoms with van der Waals surface area (Å²) in [5.74, 6) is -0.689. The second-order valence-corrected chi connectivity index (χ2v) is 5.85. The second kappa shape index (κ2) is 9.55. The van der Waals surface area contributed by atoms with E-state index >= 15 is 0 Å². The van der Waals surface area contributed by atoms with E-state index in [-0.39, 0.29) is 12.0 Å². The standard InChI is InChI=1S/C19H22N2O5/c1-26-17-7-5-14(6-8-17)12-21(10-9-18(22)20-25)13-15-3-2-4-16(11-15)19(23)24/h2-8,11,25H,9-10,12-13H2,1H3,(H,20,22)(H,23,24). The molecule has 3 N–H and O–H groups in total.